The number of methoxy groups -OCH3 is 3. The van der Waals surface area contributed by atoms with E-state index in [4.69, 9.17) is 14.2 Å². The number of nitrogens with one attached hydrogen (secondary N) is 2. The predicted molar refractivity (Wildman–Crippen MR) is 86.0 cm³/mol. The van der Waals surface area contributed by atoms with Crippen molar-refractivity contribution in [2.45, 2.75) is 19.3 Å². The van der Waals surface area contributed by atoms with E-state index in [9.17, 15) is 4.79 Å². The van der Waals surface area contributed by atoms with Crippen molar-refractivity contribution in [3.63, 3.8) is 0 Å². The first kappa shape index (κ1) is 18.1. The molecule has 0 heterocycles. The molecule has 0 aliphatic rings. The van der Waals surface area contributed by atoms with Gasteiger partial charge in [0, 0.05) is 13.0 Å². The van der Waals surface area contributed by atoms with Crippen LogP contribution in [0.15, 0.2) is 12.1 Å². The van der Waals surface area contributed by atoms with Crippen LogP contribution in [0.1, 0.15) is 18.4 Å². The third-order valence-electron chi connectivity index (χ3n) is 3.29. The van der Waals surface area contributed by atoms with Crippen LogP contribution in [0.2, 0.25) is 0 Å². The molecule has 1 amide bonds. The van der Waals surface area contributed by atoms with Crippen LogP contribution in [0, 0.1) is 0 Å². The van der Waals surface area contributed by atoms with Crippen LogP contribution in [0.5, 0.6) is 17.2 Å². The monoisotopic (exact) mass is 310 g/mol. The molecular formula is C16H26N2O4. The Balaban J connectivity index is 2.60. The number of carbonyl (C=O) groups is 1. The van der Waals surface area contributed by atoms with Gasteiger partial charge in [0.2, 0.25) is 11.7 Å². The molecule has 0 atom stereocenters. The standard InChI is InChI=1S/C16H26N2O4/c1-17-8-5-9-18-15(19)7-6-12-10-13(20-2)16(22-4)14(11-12)21-3/h10-11,17H,5-9H2,1-4H3,(H,18,19). The predicted octanol–water partition coefficient (Wildman–Crippen LogP) is 1.37. The summed E-state index contributed by atoms with van der Waals surface area (Å²) in [5, 5.41) is 5.95. The zero-order valence-corrected chi connectivity index (χ0v) is 13.8. The summed E-state index contributed by atoms with van der Waals surface area (Å²) in [7, 11) is 6.62. The number of aryl methyl sites for hydroxylation is 1. The molecule has 0 fully saturated rings. The van der Waals surface area contributed by atoms with E-state index in [1.165, 1.54) is 0 Å². The molecule has 0 radical (unpaired) electrons. The summed E-state index contributed by atoms with van der Waals surface area (Å²) in [5.74, 6) is 1.81. The van der Waals surface area contributed by atoms with Crippen molar-refractivity contribution in [1.29, 1.82) is 0 Å². The van der Waals surface area contributed by atoms with Gasteiger partial charge in [-0.2, -0.15) is 0 Å². The van der Waals surface area contributed by atoms with E-state index in [2.05, 4.69) is 10.6 Å². The topological polar surface area (TPSA) is 68.8 Å². The largest absolute Gasteiger partial charge is 0.493 e. The maximum atomic E-state index is 11.8. The fourth-order valence-electron chi connectivity index (χ4n) is 2.12. The average molecular weight is 310 g/mol. The van der Waals surface area contributed by atoms with Gasteiger partial charge in [0.25, 0.3) is 0 Å². The van der Waals surface area contributed by atoms with E-state index in [0.717, 1.165) is 18.5 Å². The number of ether oxygens (including phenoxy) is 3. The van der Waals surface area contributed by atoms with Crippen LogP contribution >= 0.6 is 0 Å². The first-order chi connectivity index (χ1) is 10.7. The Kier molecular flexibility index (Phi) is 8.14. The Bertz CT molecular complexity index is 452. The highest BCUT2D eigenvalue weighted by atomic mass is 16.5. The van der Waals surface area contributed by atoms with Gasteiger partial charge in [0.15, 0.2) is 11.5 Å². The first-order valence-corrected chi connectivity index (χ1v) is 7.36. The molecule has 0 unspecified atom stereocenters. The van der Waals surface area contributed by atoms with Gasteiger partial charge in [-0.25, -0.2) is 0 Å². The highest BCUT2D eigenvalue weighted by molar-refractivity contribution is 5.76. The number of benzene rings is 1. The Morgan fingerprint density at radius 3 is 2.18 bits per heavy atom. The average Bonchev–Trinajstić information content (AvgIpc) is 2.55. The second kappa shape index (κ2) is 9.89. The van der Waals surface area contributed by atoms with E-state index in [-0.39, 0.29) is 5.91 Å². The van der Waals surface area contributed by atoms with E-state index in [1.54, 1.807) is 21.3 Å². The van der Waals surface area contributed by atoms with Gasteiger partial charge in [-0.15, -0.1) is 0 Å². The van der Waals surface area contributed by atoms with Gasteiger partial charge in [-0.1, -0.05) is 0 Å². The Hall–Kier alpha value is -1.95. The minimum absolute atomic E-state index is 0.0462. The molecule has 0 aromatic heterocycles. The SMILES string of the molecule is CNCCCNC(=O)CCc1cc(OC)c(OC)c(OC)c1. The van der Waals surface area contributed by atoms with E-state index >= 15 is 0 Å². The van der Waals surface area contributed by atoms with Crippen molar-refractivity contribution in [3.8, 4) is 17.2 Å². The lowest BCUT2D eigenvalue weighted by Gasteiger charge is -2.14. The molecule has 124 valence electrons. The molecule has 6 nitrogen and oxygen atoms in total. The van der Waals surface area contributed by atoms with Crippen molar-refractivity contribution in [2.24, 2.45) is 0 Å². The molecule has 6 heteroatoms. The highest BCUT2D eigenvalue weighted by Crippen LogP contribution is 2.38. The number of hydrogen-bond donors (Lipinski definition) is 2. The number of rotatable bonds is 10. The summed E-state index contributed by atoms with van der Waals surface area (Å²) in [6.07, 6.45) is 1.97. The molecule has 0 aliphatic carbocycles. The molecule has 1 rings (SSSR count). The van der Waals surface area contributed by atoms with Crippen LogP contribution in [0.4, 0.5) is 0 Å². The summed E-state index contributed by atoms with van der Waals surface area (Å²) >= 11 is 0. The normalized spacial score (nSPS) is 10.2. The second-order valence-electron chi connectivity index (χ2n) is 4.84. The molecule has 0 bridgehead atoms. The minimum Gasteiger partial charge on any atom is -0.493 e. The number of carbonyl (C=O) groups excluding carboxylic acids is 1. The molecular weight excluding hydrogens is 284 g/mol. The molecule has 2 N–H and O–H groups in total. The summed E-state index contributed by atoms with van der Waals surface area (Å²) < 4.78 is 15.9. The molecule has 0 aliphatic heterocycles. The quantitative estimate of drug-likeness (QED) is 0.639. The Labute approximate surface area is 132 Å². The van der Waals surface area contributed by atoms with Crippen LogP contribution in [-0.4, -0.2) is 47.4 Å². The first-order valence-electron chi connectivity index (χ1n) is 7.36. The zero-order valence-electron chi connectivity index (χ0n) is 13.8. The Morgan fingerprint density at radius 1 is 1.05 bits per heavy atom. The fraction of sp³-hybridized carbons (Fsp3) is 0.562. The van der Waals surface area contributed by atoms with Crippen LogP contribution in [0.25, 0.3) is 0 Å². The van der Waals surface area contributed by atoms with Crippen LogP contribution < -0.4 is 24.8 Å². The van der Waals surface area contributed by atoms with Gasteiger partial charge in [0.05, 0.1) is 21.3 Å². The van der Waals surface area contributed by atoms with Gasteiger partial charge < -0.3 is 24.8 Å². The van der Waals surface area contributed by atoms with Crippen molar-refractivity contribution in [1.82, 2.24) is 10.6 Å². The number of hydrogen-bond acceptors (Lipinski definition) is 5. The van der Waals surface area contributed by atoms with Crippen molar-refractivity contribution in [3.05, 3.63) is 17.7 Å². The van der Waals surface area contributed by atoms with E-state index in [1.807, 2.05) is 19.2 Å². The molecule has 1 aromatic rings. The van der Waals surface area contributed by atoms with Gasteiger partial charge in [-0.3, -0.25) is 4.79 Å². The third kappa shape index (κ3) is 5.44. The zero-order chi connectivity index (χ0) is 16.4. The van der Waals surface area contributed by atoms with Gasteiger partial charge >= 0.3 is 0 Å². The summed E-state index contributed by atoms with van der Waals surface area (Å²) in [5.41, 5.74) is 0.972. The lowest BCUT2D eigenvalue weighted by atomic mass is 10.1. The van der Waals surface area contributed by atoms with E-state index < -0.39 is 0 Å². The second-order valence-corrected chi connectivity index (χ2v) is 4.84. The lowest BCUT2D eigenvalue weighted by Crippen LogP contribution is -2.26. The number of amides is 1. The smallest absolute Gasteiger partial charge is 0.220 e. The van der Waals surface area contributed by atoms with Crippen LogP contribution in [0.3, 0.4) is 0 Å². The molecule has 0 saturated heterocycles. The maximum Gasteiger partial charge on any atom is 0.220 e. The maximum absolute atomic E-state index is 11.8. The summed E-state index contributed by atoms with van der Waals surface area (Å²) in [4.78, 5) is 11.8. The fourth-order valence-corrected chi connectivity index (χ4v) is 2.12. The van der Waals surface area contributed by atoms with Gasteiger partial charge in [0.1, 0.15) is 0 Å². The molecule has 1 aromatic carbocycles. The minimum atomic E-state index is 0.0462. The van der Waals surface area contributed by atoms with Crippen molar-refractivity contribution in [2.75, 3.05) is 41.5 Å². The van der Waals surface area contributed by atoms with Crippen LogP contribution in [-0.2, 0) is 11.2 Å². The molecule has 22 heavy (non-hydrogen) atoms. The van der Waals surface area contributed by atoms with Crippen molar-refractivity contribution < 1.29 is 19.0 Å². The molecule has 0 spiro atoms. The summed E-state index contributed by atoms with van der Waals surface area (Å²) in [6, 6.07) is 3.74. The lowest BCUT2D eigenvalue weighted by molar-refractivity contribution is -0.121. The highest BCUT2D eigenvalue weighted by Gasteiger charge is 2.13. The third-order valence-corrected chi connectivity index (χ3v) is 3.29. The van der Waals surface area contributed by atoms with E-state index in [0.29, 0.717) is 36.6 Å². The Morgan fingerprint density at radius 2 is 1.68 bits per heavy atom. The van der Waals surface area contributed by atoms with Crippen molar-refractivity contribution >= 4 is 5.91 Å². The summed E-state index contributed by atoms with van der Waals surface area (Å²) in [6.45, 7) is 1.59. The molecule has 0 saturated carbocycles. The van der Waals surface area contributed by atoms with Gasteiger partial charge in [-0.05, 0) is 44.1 Å².